The van der Waals surface area contributed by atoms with E-state index in [1.807, 2.05) is 88.7 Å². The minimum absolute atomic E-state index is 0.0512. The van der Waals surface area contributed by atoms with Gasteiger partial charge in [-0.25, -0.2) is 0 Å². The molecule has 9 rings (SSSR count). The fourth-order valence-electron chi connectivity index (χ4n) is 11.3. The van der Waals surface area contributed by atoms with Crippen molar-refractivity contribution in [3.05, 3.63) is 149 Å². The maximum Gasteiger partial charge on any atom is 0.264 e. The van der Waals surface area contributed by atoms with Crippen LogP contribution in [0.3, 0.4) is 0 Å². The van der Waals surface area contributed by atoms with E-state index in [2.05, 4.69) is 77.2 Å². The van der Waals surface area contributed by atoms with Crippen LogP contribution in [0.15, 0.2) is 126 Å². The molecule has 64 heavy (non-hydrogen) atoms. The smallest absolute Gasteiger partial charge is 0.264 e. The van der Waals surface area contributed by atoms with Gasteiger partial charge in [0.05, 0.1) is 57.3 Å². The lowest BCUT2D eigenvalue weighted by Gasteiger charge is -2.39. The molecule has 4 aliphatic rings. The molecule has 10 heteroatoms. The van der Waals surface area contributed by atoms with Crippen LogP contribution in [-0.4, -0.2) is 68.2 Å². The summed E-state index contributed by atoms with van der Waals surface area (Å²) in [6.45, 7) is 13.7. The summed E-state index contributed by atoms with van der Waals surface area (Å²) in [5.74, 6) is 0.0157. The summed E-state index contributed by atoms with van der Waals surface area (Å²) in [6, 6.07) is 33.7. The molecule has 1 fully saturated rings. The summed E-state index contributed by atoms with van der Waals surface area (Å²) in [4.78, 5) is 50.4. The van der Waals surface area contributed by atoms with E-state index in [1.165, 1.54) is 16.3 Å². The van der Waals surface area contributed by atoms with Gasteiger partial charge in [0.25, 0.3) is 11.8 Å². The third-order valence-electron chi connectivity index (χ3n) is 14.6. The molecule has 0 saturated carbocycles. The van der Waals surface area contributed by atoms with Crippen molar-refractivity contribution in [1.82, 2.24) is 4.90 Å². The van der Waals surface area contributed by atoms with E-state index in [0.717, 1.165) is 51.9 Å². The average molecular weight is 874 g/mol. The van der Waals surface area contributed by atoms with Crippen LogP contribution in [0.1, 0.15) is 74.0 Å². The van der Waals surface area contributed by atoms with Gasteiger partial charge in [-0.05, 0) is 105 Å². The van der Waals surface area contributed by atoms with Gasteiger partial charge in [-0.3, -0.25) is 19.3 Å². The summed E-state index contributed by atoms with van der Waals surface area (Å²) in [5.41, 5.74) is 6.61. The number of aliphatic hydroxyl groups is 1. The molecular weight excluding hydrogens is 815 g/mol. The third kappa shape index (κ3) is 7.20. The van der Waals surface area contributed by atoms with Gasteiger partial charge in [0.2, 0.25) is 5.91 Å². The number of amides is 3. The molecule has 0 aromatic heterocycles. The summed E-state index contributed by atoms with van der Waals surface area (Å²) in [6.07, 6.45) is 6.17. The zero-order chi connectivity index (χ0) is 45.1. The van der Waals surface area contributed by atoms with Crippen molar-refractivity contribution < 1.29 is 29.0 Å². The molecule has 0 unspecified atom stereocenters. The van der Waals surface area contributed by atoms with Gasteiger partial charge in [0.15, 0.2) is 5.60 Å². The Labute approximate surface area is 378 Å². The number of carbonyl (C=O) groups is 3. The highest BCUT2D eigenvalue weighted by molar-refractivity contribution is 6.91. The molecule has 9 nitrogen and oxygen atoms in total. The molecule has 1 N–H and O–H groups in total. The first kappa shape index (κ1) is 43.4. The number of anilines is 3. The van der Waals surface area contributed by atoms with Crippen molar-refractivity contribution in [1.29, 1.82) is 0 Å². The highest BCUT2D eigenvalue weighted by Crippen LogP contribution is 2.61. The standard InChI is InChI=1S/C54H59N3O6Si/c1-34(2)13-10-14-35(3)27-28-55-46-26-21-40(57-47-20-12-18-37-17-11-19-44(50(37)47)52(57)60)30-45(46)54(53(55)61)36(4)51(64(6,7)43-24-22-42(62-5)23-25-43)48(63-54)31-49(59)56-32-39-16-9-8-15-38(39)29-41(56)33-58/h8-9,11-13,15-27,30,36,41,48,51,58H,10,14,28-29,31-33H2,1-7H3/b35-27+/t36-,41-,48+,51-,54+/m0/s1. The Morgan fingerprint density at radius 3 is 2.36 bits per heavy atom. The Kier molecular flexibility index (Phi) is 11.5. The highest BCUT2D eigenvalue weighted by atomic mass is 28.3. The maximum absolute atomic E-state index is 15.8. The third-order valence-corrected chi connectivity index (χ3v) is 19.0. The minimum Gasteiger partial charge on any atom is -0.497 e. The summed E-state index contributed by atoms with van der Waals surface area (Å²) < 4.78 is 13.1. The van der Waals surface area contributed by atoms with Crippen molar-refractivity contribution in [2.75, 3.05) is 30.1 Å². The second-order valence-electron chi connectivity index (χ2n) is 19.0. The average Bonchev–Trinajstić information content (AvgIpc) is 3.85. The molecule has 1 saturated heterocycles. The Morgan fingerprint density at radius 2 is 1.64 bits per heavy atom. The molecule has 4 aliphatic heterocycles. The number of hydrogen-bond acceptors (Lipinski definition) is 6. The molecule has 5 atom stereocenters. The van der Waals surface area contributed by atoms with E-state index < -0.39 is 19.8 Å². The summed E-state index contributed by atoms with van der Waals surface area (Å²) >= 11 is 0. The van der Waals surface area contributed by atoms with Gasteiger partial charge in [0.1, 0.15) is 5.75 Å². The second kappa shape index (κ2) is 17.0. The number of rotatable bonds is 12. The van der Waals surface area contributed by atoms with E-state index in [-0.39, 0.29) is 48.3 Å². The highest BCUT2D eigenvalue weighted by Gasteiger charge is 2.66. The molecule has 0 radical (unpaired) electrons. The van der Waals surface area contributed by atoms with Crippen molar-refractivity contribution >= 4 is 58.8 Å². The monoisotopic (exact) mass is 873 g/mol. The van der Waals surface area contributed by atoms with Crippen molar-refractivity contribution in [3.8, 4) is 5.75 Å². The van der Waals surface area contributed by atoms with Gasteiger partial charge in [-0.15, -0.1) is 0 Å². The maximum atomic E-state index is 15.8. The first-order chi connectivity index (χ1) is 30.8. The van der Waals surface area contributed by atoms with Crippen LogP contribution in [0, 0.1) is 5.92 Å². The first-order valence-corrected chi connectivity index (χ1v) is 25.8. The van der Waals surface area contributed by atoms with Crippen molar-refractivity contribution in [2.45, 2.75) is 96.3 Å². The molecule has 3 amide bonds. The number of nitrogens with zero attached hydrogens (tertiary/aromatic N) is 3. The Morgan fingerprint density at radius 1 is 0.906 bits per heavy atom. The number of aliphatic hydroxyl groups excluding tert-OH is 1. The fraction of sp³-hybridized carbons (Fsp3) is 0.352. The lowest BCUT2D eigenvalue weighted by Crippen LogP contribution is -2.52. The summed E-state index contributed by atoms with van der Waals surface area (Å²) in [7, 11) is -0.954. The van der Waals surface area contributed by atoms with Gasteiger partial charge in [-0.1, -0.05) is 109 Å². The lowest BCUT2D eigenvalue weighted by atomic mass is 9.82. The number of allylic oxidation sites excluding steroid dienone is 3. The minimum atomic E-state index is -2.61. The molecular formula is C54H59N3O6Si. The summed E-state index contributed by atoms with van der Waals surface area (Å²) in [5, 5.41) is 13.7. The van der Waals surface area contributed by atoms with E-state index >= 15 is 4.79 Å². The normalized spacial score (nSPS) is 22.7. The second-order valence-corrected chi connectivity index (χ2v) is 23.7. The Balaban J connectivity index is 1.16. The van der Waals surface area contributed by atoms with Crippen LogP contribution in [0.25, 0.3) is 10.8 Å². The van der Waals surface area contributed by atoms with Gasteiger partial charge in [-0.2, -0.15) is 0 Å². The van der Waals surface area contributed by atoms with E-state index in [4.69, 9.17) is 9.47 Å². The first-order valence-electron chi connectivity index (χ1n) is 22.7. The number of methoxy groups -OCH3 is 1. The molecule has 4 heterocycles. The number of carbonyl (C=O) groups excluding carboxylic acids is 3. The number of benzene rings is 5. The number of hydrogen-bond donors (Lipinski definition) is 1. The Hall–Kier alpha value is -5.81. The molecule has 5 aromatic rings. The quantitative estimate of drug-likeness (QED) is 0.0991. The van der Waals surface area contributed by atoms with Crippen molar-refractivity contribution in [2.24, 2.45) is 5.92 Å². The van der Waals surface area contributed by atoms with E-state index in [0.29, 0.717) is 36.3 Å². The predicted molar refractivity (Wildman–Crippen MR) is 257 cm³/mol. The van der Waals surface area contributed by atoms with Gasteiger partial charge < -0.3 is 24.4 Å². The lowest BCUT2D eigenvalue weighted by molar-refractivity contribution is -0.150. The molecule has 330 valence electrons. The fourth-order valence-corrected chi connectivity index (χ4v) is 15.3. The SMILES string of the molecule is COc1ccc([Si](C)(C)[C@@H]2[C@@H](CC(=O)N3Cc4ccccc4C[C@H]3CO)O[C@]3(C(=O)N(C/C=C(\C)CCC=C(C)C)c4ccc(N5C(=O)c6cccc7cccc5c67)cc43)[C@H]2C)cc1. The zero-order valence-electron chi connectivity index (χ0n) is 38.1. The van der Waals surface area contributed by atoms with Crippen LogP contribution in [-0.2, 0) is 32.9 Å². The largest absolute Gasteiger partial charge is 0.497 e. The van der Waals surface area contributed by atoms with Gasteiger partial charge in [0, 0.05) is 35.6 Å². The molecule has 0 bridgehead atoms. The van der Waals surface area contributed by atoms with Crippen LogP contribution < -0.4 is 19.7 Å². The van der Waals surface area contributed by atoms with Crippen LogP contribution in [0.5, 0.6) is 5.75 Å². The molecule has 0 aliphatic carbocycles. The topological polar surface area (TPSA) is 99.6 Å². The van der Waals surface area contributed by atoms with E-state index in [9.17, 15) is 14.7 Å². The Bertz CT molecular complexity index is 2720. The predicted octanol–water partition coefficient (Wildman–Crippen LogP) is 9.73. The zero-order valence-corrected chi connectivity index (χ0v) is 39.1. The number of fused-ring (bicyclic) bond motifs is 3. The van der Waals surface area contributed by atoms with Crippen molar-refractivity contribution in [3.63, 3.8) is 0 Å². The van der Waals surface area contributed by atoms with Crippen LogP contribution in [0.2, 0.25) is 18.6 Å². The van der Waals surface area contributed by atoms with Gasteiger partial charge >= 0.3 is 0 Å². The van der Waals surface area contributed by atoms with Crippen LogP contribution >= 0.6 is 0 Å². The van der Waals surface area contributed by atoms with Crippen LogP contribution in [0.4, 0.5) is 17.1 Å². The molecule has 5 aromatic carbocycles. The number of ether oxygens (including phenoxy) is 2. The van der Waals surface area contributed by atoms with E-state index in [1.54, 1.807) is 12.0 Å². The molecule has 1 spiro atoms.